The minimum atomic E-state index is -0.593. The summed E-state index contributed by atoms with van der Waals surface area (Å²) in [5.41, 5.74) is 4.04. The zero-order chi connectivity index (χ0) is 25.2. The number of fused-ring (bicyclic) bond motifs is 1. The number of hydrogen-bond acceptors (Lipinski definition) is 6. The Kier molecular flexibility index (Phi) is 8.11. The number of ether oxygens (including phenoxy) is 1. The van der Waals surface area contributed by atoms with Crippen molar-refractivity contribution in [2.24, 2.45) is 0 Å². The van der Waals surface area contributed by atoms with E-state index in [9.17, 15) is 9.90 Å². The van der Waals surface area contributed by atoms with Gasteiger partial charge in [0, 0.05) is 23.5 Å². The Morgan fingerprint density at radius 3 is 2.63 bits per heavy atom. The van der Waals surface area contributed by atoms with Crippen LogP contribution in [0.1, 0.15) is 69.8 Å². The molecule has 0 saturated heterocycles. The highest BCUT2D eigenvalue weighted by molar-refractivity contribution is 7.17. The minimum absolute atomic E-state index is 0.0975. The summed E-state index contributed by atoms with van der Waals surface area (Å²) < 4.78 is 5.82. The first-order valence-electron chi connectivity index (χ1n) is 12.7. The van der Waals surface area contributed by atoms with E-state index in [0.29, 0.717) is 36.9 Å². The van der Waals surface area contributed by atoms with E-state index < -0.39 is 6.10 Å². The van der Waals surface area contributed by atoms with Gasteiger partial charge in [0.05, 0.1) is 30.2 Å². The van der Waals surface area contributed by atoms with E-state index in [1.165, 1.54) is 41.7 Å². The number of nitrogens with zero attached hydrogens (tertiary/aromatic N) is 2. The van der Waals surface area contributed by atoms with Gasteiger partial charge in [-0.2, -0.15) is 0 Å². The molecule has 3 aromatic rings. The summed E-state index contributed by atoms with van der Waals surface area (Å²) in [6.45, 7) is 11.5. The van der Waals surface area contributed by atoms with Crippen LogP contribution in [0, 0.1) is 13.8 Å². The van der Waals surface area contributed by atoms with Gasteiger partial charge in [0.1, 0.15) is 10.7 Å². The van der Waals surface area contributed by atoms with Gasteiger partial charge in [0.15, 0.2) is 0 Å². The largest absolute Gasteiger partial charge is 0.389 e. The number of thiophene rings is 1. The molecule has 2 N–H and O–H groups in total. The van der Waals surface area contributed by atoms with E-state index in [1.807, 2.05) is 26.2 Å². The Morgan fingerprint density at radius 1 is 1.20 bits per heavy atom. The lowest BCUT2D eigenvalue weighted by Crippen LogP contribution is -2.43. The molecule has 1 saturated carbocycles. The predicted molar refractivity (Wildman–Crippen MR) is 144 cm³/mol. The normalized spacial score (nSPS) is 16.3. The summed E-state index contributed by atoms with van der Waals surface area (Å²) in [5, 5.41) is 13.4. The molecule has 1 fully saturated rings. The molecule has 0 spiro atoms. The van der Waals surface area contributed by atoms with E-state index in [2.05, 4.69) is 41.9 Å². The quantitative estimate of drug-likeness (QED) is 0.425. The first-order valence-corrected chi connectivity index (χ1v) is 13.6. The number of benzene rings is 1. The number of aryl methyl sites for hydroxylation is 2. The van der Waals surface area contributed by atoms with Gasteiger partial charge in [-0.05, 0) is 64.2 Å². The molecule has 4 rings (SSSR count). The Bertz CT molecular complexity index is 1200. The van der Waals surface area contributed by atoms with E-state index in [0.717, 1.165) is 28.8 Å². The van der Waals surface area contributed by atoms with E-state index in [4.69, 9.17) is 9.72 Å². The van der Waals surface area contributed by atoms with Crippen molar-refractivity contribution in [1.82, 2.24) is 14.9 Å². The van der Waals surface area contributed by atoms with Crippen LogP contribution in [0.2, 0.25) is 0 Å². The van der Waals surface area contributed by atoms with Crippen molar-refractivity contribution in [3.8, 4) is 11.1 Å². The lowest BCUT2D eigenvalue weighted by molar-refractivity contribution is -0.0610. The topological polar surface area (TPSA) is 78.5 Å². The van der Waals surface area contributed by atoms with Crippen LogP contribution in [0.4, 0.5) is 0 Å². The van der Waals surface area contributed by atoms with Crippen LogP contribution in [0.3, 0.4) is 0 Å². The van der Waals surface area contributed by atoms with Crippen LogP contribution in [0.25, 0.3) is 21.3 Å². The van der Waals surface area contributed by atoms with Crippen molar-refractivity contribution < 1.29 is 9.84 Å². The maximum absolute atomic E-state index is 13.2. The number of aromatic nitrogens is 2. The number of aromatic amines is 1. The summed E-state index contributed by atoms with van der Waals surface area (Å²) in [5.74, 6) is 0.658. The molecule has 0 bridgehead atoms. The fourth-order valence-electron chi connectivity index (χ4n) is 4.84. The third kappa shape index (κ3) is 6.58. The Morgan fingerprint density at radius 2 is 1.94 bits per heavy atom. The highest BCUT2D eigenvalue weighted by Gasteiger charge is 2.25. The first-order chi connectivity index (χ1) is 16.6. The van der Waals surface area contributed by atoms with Gasteiger partial charge in [-0.15, -0.1) is 11.3 Å². The number of aliphatic hydroxyl groups is 1. The molecule has 35 heavy (non-hydrogen) atoms. The van der Waals surface area contributed by atoms with Crippen molar-refractivity contribution >= 4 is 21.6 Å². The van der Waals surface area contributed by atoms with Gasteiger partial charge in [-0.1, -0.05) is 37.5 Å². The molecule has 1 aliphatic carbocycles. The average Bonchev–Trinajstić information content (AvgIpc) is 3.24. The number of aliphatic hydroxyl groups excluding tert-OH is 1. The molecule has 2 aromatic heterocycles. The second-order valence-electron chi connectivity index (χ2n) is 10.9. The van der Waals surface area contributed by atoms with E-state index >= 15 is 0 Å². The van der Waals surface area contributed by atoms with Crippen molar-refractivity contribution in [3.05, 3.63) is 50.9 Å². The molecular weight excluding hydrogens is 458 g/mol. The van der Waals surface area contributed by atoms with Gasteiger partial charge >= 0.3 is 0 Å². The lowest BCUT2D eigenvalue weighted by Gasteiger charge is -2.35. The summed E-state index contributed by atoms with van der Waals surface area (Å²) >= 11 is 1.52. The summed E-state index contributed by atoms with van der Waals surface area (Å²) in [4.78, 5) is 24.2. The molecular formula is C28H39N3O3S. The monoisotopic (exact) mass is 497 g/mol. The van der Waals surface area contributed by atoms with Crippen LogP contribution in [0.15, 0.2) is 28.4 Å². The molecule has 0 amide bonds. The molecule has 0 aliphatic heterocycles. The molecule has 1 atom stereocenters. The summed E-state index contributed by atoms with van der Waals surface area (Å²) in [6.07, 6.45) is 5.28. The zero-order valence-corrected chi connectivity index (χ0v) is 22.5. The fraction of sp³-hybridized carbons (Fsp3) is 0.571. The molecule has 7 heteroatoms. The third-order valence-electron chi connectivity index (χ3n) is 6.91. The van der Waals surface area contributed by atoms with Crippen LogP contribution in [0.5, 0.6) is 0 Å². The lowest BCUT2D eigenvalue weighted by atomic mass is 9.94. The molecule has 6 nitrogen and oxygen atoms in total. The Balaban J connectivity index is 1.58. The molecule has 1 aliphatic rings. The number of nitrogens with one attached hydrogen (secondary N) is 1. The minimum Gasteiger partial charge on any atom is -0.389 e. The van der Waals surface area contributed by atoms with Gasteiger partial charge in [0.2, 0.25) is 0 Å². The van der Waals surface area contributed by atoms with Gasteiger partial charge < -0.3 is 14.8 Å². The Labute approximate surface area is 212 Å². The maximum atomic E-state index is 13.2. The van der Waals surface area contributed by atoms with Crippen molar-refractivity contribution in [2.75, 3.05) is 13.2 Å². The van der Waals surface area contributed by atoms with Crippen LogP contribution < -0.4 is 5.56 Å². The highest BCUT2D eigenvalue weighted by Crippen LogP contribution is 2.32. The maximum Gasteiger partial charge on any atom is 0.260 e. The second-order valence-corrected chi connectivity index (χ2v) is 11.8. The fourth-order valence-corrected chi connectivity index (χ4v) is 5.81. The van der Waals surface area contributed by atoms with Gasteiger partial charge in [-0.3, -0.25) is 9.69 Å². The van der Waals surface area contributed by atoms with Crippen LogP contribution in [-0.4, -0.2) is 50.9 Å². The van der Waals surface area contributed by atoms with Crippen molar-refractivity contribution in [1.29, 1.82) is 0 Å². The van der Waals surface area contributed by atoms with Gasteiger partial charge in [-0.25, -0.2) is 4.98 Å². The van der Waals surface area contributed by atoms with Crippen molar-refractivity contribution in [2.45, 2.75) is 91.0 Å². The summed E-state index contributed by atoms with van der Waals surface area (Å²) in [6, 6.07) is 6.68. The average molecular weight is 498 g/mol. The SMILES string of the molecule is Cc1ccc(-c2csc3nc(CN(CC(O)COC(C)(C)C)C4CCCCC4)[nH]c(=O)c23)cc1C. The van der Waals surface area contributed by atoms with E-state index in [1.54, 1.807) is 0 Å². The van der Waals surface area contributed by atoms with Crippen LogP contribution in [-0.2, 0) is 11.3 Å². The Hall–Kier alpha value is -2.06. The first kappa shape index (κ1) is 26.0. The summed E-state index contributed by atoms with van der Waals surface area (Å²) in [7, 11) is 0. The molecule has 2 heterocycles. The van der Waals surface area contributed by atoms with Crippen molar-refractivity contribution in [3.63, 3.8) is 0 Å². The highest BCUT2D eigenvalue weighted by atomic mass is 32.1. The molecule has 1 aromatic carbocycles. The van der Waals surface area contributed by atoms with E-state index in [-0.39, 0.29) is 11.2 Å². The second kappa shape index (κ2) is 10.9. The molecule has 0 radical (unpaired) electrons. The predicted octanol–water partition coefficient (Wildman–Crippen LogP) is 5.58. The third-order valence-corrected chi connectivity index (χ3v) is 7.78. The standard InChI is InChI=1S/C28H39N3O3S/c1-18-11-12-20(13-19(18)2)23-17-35-27-25(23)26(33)29-24(30-27)15-31(21-9-7-6-8-10-21)14-22(32)16-34-28(3,4)5/h11-13,17,21-22,32H,6-10,14-16H2,1-5H3,(H,29,30,33). The number of H-pyrrole nitrogens is 1. The van der Waals surface area contributed by atoms with Crippen LogP contribution >= 0.6 is 11.3 Å². The number of hydrogen-bond donors (Lipinski definition) is 2. The van der Waals surface area contributed by atoms with Gasteiger partial charge in [0.25, 0.3) is 5.56 Å². The molecule has 1 unspecified atom stereocenters. The zero-order valence-electron chi connectivity index (χ0n) is 21.7. The number of rotatable bonds is 8. The molecule has 190 valence electrons. The smallest absolute Gasteiger partial charge is 0.260 e.